The molecule has 1 aromatic carbocycles. The van der Waals surface area contributed by atoms with Gasteiger partial charge in [-0.25, -0.2) is 0 Å². The van der Waals surface area contributed by atoms with Crippen molar-refractivity contribution in [2.45, 2.75) is 45.2 Å². The van der Waals surface area contributed by atoms with Crippen LogP contribution in [0.1, 0.15) is 33.3 Å². The lowest BCUT2D eigenvalue weighted by molar-refractivity contribution is -0.137. The quantitative estimate of drug-likeness (QED) is 0.755. The number of nitrogens with one attached hydrogen (secondary N) is 1. The van der Waals surface area contributed by atoms with Crippen molar-refractivity contribution < 1.29 is 13.2 Å². The highest BCUT2D eigenvalue weighted by atomic mass is 32.4. The van der Waals surface area contributed by atoms with Crippen molar-refractivity contribution in [2.75, 3.05) is 5.09 Å². The second-order valence-electron chi connectivity index (χ2n) is 5.09. The third-order valence-corrected chi connectivity index (χ3v) is 9.51. The predicted molar refractivity (Wildman–Crippen MR) is 79.6 cm³/mol. The summed E-state index contributed by atoms with van der Waals surface area (Å²) in [6, 6.07) is 5.25. The van der Waals surface area contributed by atoms with Crippen LogP contribution in [0.3, 0.4) is 0 Å². The Hall–Kier alpha value is -0.540. The van der Waals surface area contributed by atoms with Crippen molar-refractivity contribution in [3.63, 3.8) is 0 Å². The molecule has 0 atom stereocenters. The van der Waals surface area contributed by atoms with Crippen LogP contribution in [0.25, 0.3) is 0 Å². The summed E-state index contributed by atoms with van der Waals surface area (Å²) in [6.07, 6.45) is -6.26. The van der Waals surface area contributed by atoms with Gasteiger partial charge >= 0.3 is 6.18 Å². The normalized spacial score (nSPS) is 13.1. The van der Waals surface area contributed by atoms with Gasteiger partial charge in [0.25, 0.3) is 0 Å². The Kier molecular flexibility index (Phi) is 5.08. The van der Waals surface area contributed by atoms with Gasteiger partial charge in [0.15, 0.2) is 0 Å². The van der Waals surface area contributed by atoms with Gasteiger partial charge in [-0.2, -0.15) is 13.2 Å². The van der Waals surface area contributed by atoms with Crippen molar-refractivity contribution in [3.8, 4) is 0 Å². The lowest BCUT2D eigenvalue weighted by Crippen LogP contribution is -2.15. The van der Waals surface area contributed by atoms with E-state index in [-0.39, 0.29) is 11.3 Å². The average molecular weight is 309 g/mol. The van der Waals surface area contributed by atoms with E-state index in [1.165, 1.54) is 6.07 Å². The molecular formula is C13H19F3NPS. The van der Waals surface area contributed by atoms with Gasteiger partial charge in [0.05, 0.1) is 5.56 Å². The summed E-state index contributed by atoms with van der Waals surface area (Å²) >= 11 is 5.69. The average Bonchev–Trinajstić information content (AvgIpc) is 2.27. The van der Waals surface area contributed by atoms with Crippen LogP contribution in [-0.2, 0) is 18.0 Å². The zero-order valence-corrected chi connectivity index (χ0v) is 13.2. The molecule has 6 heteroatoms. The summed E-state index contributed by atoms with van der Waals surface area (Å²) < 4.78 is 38.0. The molecule has 0 unspecified atom stereocenters. The predicted octanol–water partition coefficient (Wildman–Crippen LogP) is 5.33. The fraction of sp³-hybridized carbons (Fsp3) is 0.538. The highest BCUT2D eigenvalue weighted by Gasteiger charge is 2.31. The van der Waals surface area contributed by atoms with Gasteiger partial charge in [0, 0.05) is 11.9 Å². The van der Waals surface area contributed by atoms with Crippen LogP contribution in [0.2, 0.25) is 0 Å². The molecule has 19 heavy (non-hydrogen) atoms. The lowest BCUT2D eigenvalue weighted by Gasteiger charge is -2.32. The molecule has 1 nitrogen and oxygen atoms in total. The lowest BCUT2D eigenvalue weighted by atomic mass is 10.2. The number of benzene rings is 1. The molecule has 0 aromatic heterocycles. The van der Waals surface area contributed by atoms with E-state index in [1.807, 2.05) is 27.7 Å². The third kappa shape index (κ3) is 3.96. The Morgan fingerprint density at radius 1 is 1.11 bits per heavy atom. The maximum Gasteiger partial charge on any atom is 0.416 e. The number of anilines is 1. The molecule has 0 aliphatic rings. The molecule has 0 spiro atoms. The fourth-order valence-corrected chi connectivity index (χ4v) is 4.39. The second-order valence-corrected chi connectivity index (χ2v) is 10.6. The molecule has 0 aliphatic carbocycles. The monoisotopic (exact) mass is 309 g/mol. The Morgan fingerprint density at radius 2 is 1.63 bits per heavy atom. The first-order valence-electron chi connectivity index (χ1n) is 6.12. The molecule has 0 saturated heterocycles. The highest BCUT2D eigenvalue weighted by molar-refractivity contribution is 8.15. The van der Waals surface area contributed by atoms with E-state index in [4.69, 9.17) is 11.8 Å². The maximum atomic E-state index is 12.7. The number of rotatable bonds is 4. The Balaban J connectivity index is 3.09. The van der Waals surface area contributed by atoms with Gasteiger partial charge in [-0.1, -0.05) is 45.6 Å². The highest BCUT2D eigenvalue weighted by Crippen LogP contribution is 2.54. The number of alkyl halides is 3. The van der Waals surface area contributed by atoms with Crippen molar-refractivity contribution in [1.82, 2.24) is 0 Å². The summed E-state index contributed by atoms with van der Waals surface area (Å²) in [5.74, 6) is 0. The van der Waals surface area contributed by atoms with Gasteiger partial charge in [-0.05, 0) is 29.5 Å². The Bertz CT molecular complexity index is 471. The van der Waals surface area contributed by atoms with Crippen molar-refractivity contribution >= 4 is 23.7 Å². The van der Waals surface area contributed by atoms with E-state index >= 15 is 0 Å². The van der Waals surface area contributed by atoms with Crippen LogP contribution < -0.4 is 5.09 Å². The van der Waals surface area contributed by atoms with E-state index in [1.54, 1.807) is 6.07 Å². The summed E-state index contributed by atoms with van der Waals surface area (Å²) in [5, 5.41) is 3.19. The minimum atomic E-state index is -4.32. The van der Waals surface area contributed by atoms with E-state index < -0.39 is 17.9 Å². The van der Waals surface area contributed by atoms with E-state index in [0.29, 0.717) is 5.69 Å². The summed E-state index contributed by atoms with van der Waals surface area (Å²) in [7, 11) is 0. The van der Waals surface area contributed by atoms with Gasteiger partial charge in [0.2, 0.25) is 0 Å². The van der Waals surface area contributed by atoms with Crippen LogP contribution in [0.4, 0.5) is 18.9 Å². The molecule has 1 aromatic rings. The topological polar surface area (TPSA) is 12.0 Å². The zero-order chi connectivity index (χ0) is 14.8. The molecule has 108 valence electrons. The molecule has 1 N–H and O–H groups in total. The number of hydrogen-bond donors (Lipinski definition) is 1. The van der Waals surface area contributed by atoms with E-state index in [2.05, 4.69) is 5.09 Å². The molecule has 0 fully saturated rings. The standard InChI is InChI=1S/C13H19F3NPS/c1-9(2)18(19,10(3)4)17-12-7-5-6-11(8-12)13(14,15)16/h5-10H,1-4H3,(H,17,19). The first-order chi connectivity index (χ1) is 8.57. The van der Waals surface area contributed by atoms with E-state index in [0.717, 1.165) is 12.1 Å². The van der Waals surface area contributed by atoms with Gasteiger partial charge < -0.3 is 5.09 Å². The van der Waals surface area contributed by atoms with Crippen LogP contribution in [0, 0.1) is 0 Å². The summed E-state index contributed by atoms with van der Waals surface area (Å²) in [6.45, 7) is 8.06. The maximum absolute atomic E-state index is 12.7. The van der Waals surface area contributed by atoms with Crippen molar-refractivity contribution in [1.29, 1.82) is 0 Å². The molecule has 1 rings (SSSR count). The Morgan fingerprint density at radius 3 is 2.05 bits per heavy atom. The van der Waals surface area contributed by atoms with Crippen molar-refractivity contribution in [2.24, 2.45) is 0 Å². The summed E-state index contributed by atoms with van der Waals surface area (Å²) in [5.41, 5.74) is 0.279. The largest absolute Gasteiger partial charge is 0.416 e. The fourth-order valence-electron chi connectivity index (χ4n) is 1.82. The van der Waals surface area contributed by atoms with Crippen molar-refractivity contribution in [3.05, 3.63) is 29.8 Å². The van der Waals surface area contributed by atoms with E-state index in [9.17, 15) is 13.2 Å². The van der Waals surface area contributed by atoms with Gasteiger partial charge in [-0.15, -0.1) is 0 Å². The van der Waals surface area contributed by atoms with Crippen LogP contribution >= 0.6 is 6.19 Å². The minimum absolute atomic E-state index is 0.233. The molecule has 0 saturated carbocycles. The summed E-state index contributed by atoms with van der Waals surface area (Å²) in [4.78, 5) is 0. The first kappa shape index (κ1) is 16.5. The Labute approximate surface area is 117 Å². The number of hydrogen-bond acceptors (Lipinski definition) is 1. The SMILES string of the molecule is CC(C)P(=S)(Nc1cccc(C(F)(F)F)c1)C(C)C. The minimum Gasteiger partial charge on any atom is -0.357 e. The second kappa shape index (κ2) is 5.84. The molecular weight excluding hydrogens is 290 g/mol. The van der Waals surface area contributed by atoms with Gasteiger partial charge in [-0.3, -0.25) is 0 Å². The molecule has 0 bridgehead atoms. The molecule has 0 amide bonds. The number of halogens is 3. The first-order valence-corrected chi connectivity index (χ1v) is 9.06. The molecule has 0 radical (unpaired) electrons. The van der Waals surface area contributed by atoms with Crippen LogP contribution in [0.15, 0.2) is 24.3 Å². The van der Waals surface area contributed by atoms with Crippen LogP contribution in [-0.4, -0.2) is 11.3 Å². The zero-order valence-electron chi connectivity index (χ0n) is 11.5. The smallest absolute Gasteiger partial charge is 0.357 e. The molecule has 0 aliphatic heterocycles. The van der Waals surface area contributed by atoms with Gasteiger partial charge in [0.1, 0.15) is 0 Å². The van der Waals surface area contributed by atoms with Crippen LogP contribution in [0.5, 0.6) is 0 Å². The molecule has 0 heterocycles. The third-order valence-electron chi connectivity index (χ3n) is 3.03.